The second-order valence-corrected chi connectivity index (χ2v) is 3.76. The molecule has 1 aliphatic carbocycles. The van der Waals surface area contributed by atoms with Crippen LogP contribution in [0.15, 0.2) is 24.5 Å². The molecular formula is C11H13NO3. The van der Waals surface area contributed by atoms with Crippen molar-refractivity contribution in [1.29, 1.82) is 0 Å². The van der Waals surface area contributed by atoms with Crippen LogP contribution in [0.3, 0.4) is 0 Å². The molecule has 1 aromatic heterocycles. The smallest absolute Gasteiger partial charge is 0.316 e. The molecule has 1 saturated carbocycles. The molecule has 1 aliphatic rings. The molecule has 0 unspecified atom stereocenters. The van der Waals surface area contributed by atoms with E-state index in [0.717, 1.165) is 18.4 Å². The molecule has 0 N–H and O–H groups in total. The van der Waals surface area contributed by atoms with Gasteiger partial charge in [-0.15, -0.1) is 0 Å². The maximum absolute atomic E-state index is 11.7. The van der Waals surface area contributed by atoms with Crippen LogP contribution in [0.25, 0.3) is 0 Å². The number of hydrogen-bond acceptors (Lipinski definition) is 3. The molecule has 0 radical (unpaired) electrons. The summed E-state index contributed by atoms with van der Waals surface area (Å²) in [6, 6.07) is 3.46. The van der Waals surface area contributed by atoms with Crippen LogP contribution in [0.4, 0.5) is 0 Å². The van der Waals surface area contributed by atoms with Gasteiger partial charge in [-0.2, -0.15) is 4.73 Å². The lowest BCUT2D eigenvalue weighted by atomic mass is 9.98. The molecule has 0 aliphatic heterocycles. The fourth-order valence-corrected chi connectivity index (χ4v) is 1.74. The molecule has 1 heterocycles. The Balaban J connectivity index is 2.26. The molecule has 4 nitrogen and oxygen atoms in total. The summed E-state index contributed by atoms with van der Waals surface area (Å²) in [5, 5.41) is 11.1. The monoisotopic (exact) mass is 207 g/mol. The highest BCUT2D eigenvalue weighted by atomic mass is 16.5. The third kappa shape index (κ3) is 1.67. The van der Waals surface area contributed by atoms with Crippen LogP contribution < -0.4 is 4.73 Å². The van der Waals surface area contributed by atoms with Crippen molar-refractivity contribution in [1.82, 2.24) is 0 Å². The van der Waals surface area contributed by atoms with E-state index in [2.05, 4.69) is 0 Å². The molecule has 4 heteroatoms. The lowest BCUT2D eigenvalue weighted by molar-refractivity contribution is -0.606. The topological polar surface area (TPSA) is 53.2 Å². The number of pyridine rings is 1. The standard InChI is InChI=1S/C11H13NO3/c1-2-15-10(13)11(5-6-11)9-4-3-7-12(14)8-9/h3-4,7-8H,2,5-6H2,1H3. The van der Waals surface area contributed by atoms with E-state index in [0.29, 0.717) is 11.3 Å². The van der Waals surface area contributed by atoms with Gasteiger partial charge in [0.05, 0.1) is 12.0 Å². The summed E-state index contributed by atoms with van der Waals surface area (Å²) in [4.78, 5) is 11.7. The van der Waals surface area contributed by atoms with E-state index in [9.17, 15) is 10.0 Å². The zero-order valence-electron chi connectivity index (χ0n) is 8.60. The van der Waals surface area contributed by atoms with E-state index >= 15 is 0 Å². The Morgan fingerprint density at radius 3 is 2.93 bits per heavy atom. The normalized spacial score (nSPS) is 17.1. The van der Waals surface area contributed by atoms with E-state index in [4.69, 9.17) is 4.74 Å². The first-order valence-corrected chi connectivity index (χ1v) is 5.05. The minimum absolute atomic E-state index is 0.212. The quantitative estimate of drug-likeness (QED) is 0.420. The molecule has 15 heavy (non-hydrogen) atoms. The number of carbonyl (C=O) groups excluding carboxylic acids is 1. The van der Waals surface area contributed by atoms with Crippen LogP contribution in [0.5, 0.6) is 0 Å². The van der Waals surface area contributed by atoms with Gasteiger partial charge in [-0.05, 0) is 25.8 Å². The number of ether oxygens (including phenoxy) is 1. The molecule has 1 aromatic rings. The Bertz CT molecular complexity index is 385. The van der Waals surface area contributed by atoms with Crippen LogP contribution in [0.1, 0.15) is 25.3 Å². The maximum atomic E-state index is 11.7. The Morgan fingerprint density at radius 1 is 1.67 bits per heavy atom. The molecule has 2 rings (SSSR count). The highest BCUT2D eigenvalue weighted by Gasteiger charge is 2.53. The molecule has 0 atom stereocenters. The zero-order chi connectivity index (χ0) is 10.9. The average Bonchev–Trinajstić information content (AvgIpc) is 2.99. The third-order valence-corrected chi connectivity index (χ3v) is 2.74. The molecule has 80 valence electrons. The van der Waals surface area contributed by atoms with Gasteiger partial charge in [-0.3, -0.25) is 4.79 Å². The third-order valence-electron chi connectivity index (χ3n) is 2.74. The predicted molar refractivity (Wildman–Crippen MR) is 52.9 cm³/mol. The molecule has 0 amide bonds. The number of aromatic nitrogens is 1. The van der Waals surface area contributed by atoms with Gasteiger partial charge in [-0.25, -0.2) is 0 Å². The van der Waals surface area contributed by atoms with Crippen molar-refractivity contribution in [2.45, 2.75) is 25.2 Å². The summed E-state index contributed by atoms with van der Waals surface area (Å²) in [6.45, 7) is 2.16. The van der Waals surface area contributed by atoms with Gasteiger partial charge < -0.3 is 9.94 Å². The van der Waals surface area contributed by atoms with Gasteiger partial charge in [0.2, 0.25) is 0 Å². The zero-order valence-corrected chi connectivity index (χ0v) is 8.60. The summed E-state index contributed by atoms with van der Waals surface area (Å²) < 4.78 is 5.73. The highest BCUT2D eigenvalue weighted by Crippen LogP contribution is 2.48. The largest absolute Gasteiger partial charge is 0.619 e. The van der Waals surface area contributed by atoms with Gasteiger partial charge >= 0.3 is 5.97 Å². The van der Waals surface area contributed by atoms with Crippen LogP contribution in [-0.4, -0.2) is 12.6 Å². The summed E-state index contributed by atoms with van der Waals surface area (Å²) in [6.07, 6.45) is 4.40. The lowest BCUT2D eigenvalue weighted by Crippen LogP contribution is -2.30. The first-order valence-electron chi connectivity index (χ1n) is 5.05. The molecule has 0 bridgehead atoms. The van der Waals surface area contributed by atoms with Gasteiger partial charge in [0.1, 0.15) is 0 Å². The molecule has 0 aromatic carbocycles. The highest BCUT2D eigenvalue weighted by molar-refractivity contribution is 5.86. The minimum atomic E-state index is -0.538. The molecular weight excluding hydrogens is 194 g/mol. The van der Waals surface area contributed by atoms with Gasteiger partial charge in [-0.1, -0.05) is 0 Å². The SMILES string of the molecule is CCOC(=O)C1(c2ccc[n+]([O-])c2)CC1. The van der Waals surface area contributed by atoms with Crippen molar-refractivity contribution in [3.05, 3.63) is 35.3 Å². The Hall–Kier alpha value is -1.58. The lowest BCUT2D eigenvalue weighted by Gasteiger charge is -2.12. The van der Waals surface area contributed by atoms with E-state index in [1.165, 1.54) is 12.4 Å². The molecule has 0 saturated heterocycles. The number of nitrogens with zero attached hydrogens (tertiary/aromatic N) is 1. The average molecular weight is 207 g/mol. The van der Waals surface area contributed by atoms with Crippen LogP contribution in [0, 0.1) is 5.21 Å². The van der Waals surface area contributed by atoms with Crippen molar-refractivity contribution < 1.29 is 14.3 Å². The number of esters is 1. The van der Waals surface area contributed by atoms with Crippen LogP contribution in [0.2, 0.25) is 0 Å². The fraction of sp³-hybridized carbons (Fsp3) is 0.455. The number of rotatable bonds is 3. The van der Waals surface area contributed by atoms with Crippen LogP contribution in [-0.2, 0) is 14.9 Å². The summed E-state index contributed by atoms with van der Waals surface area (Å²) in [5.41, 5.74) is 0.224. The Kier molecular flexibility index (Phi) is 2.34. The van der Waals surface area contributed by atoms with Crippen molar-refractivity contribution >= 4 is 5.97 Å². The second-order valence-electron chi connectivity index (χ2n) is 3.76. The van der Waals surface area contributed by atoms with E-state index in [-0.39, 0.29) is 5.97 Å². The fourth-order valence-electron chi connectivity index (χ4n) is 1.74. The van der Waals surface area contributed by atoms with Crippen molar-refractivity contribution in [3.63, 3.8) is 0 Å². The van der Waals surface area contributed by atoms with Gasteiger partial charge in [0.15, 0.2) is 12.4 Å². The Morgan fingerprint density at radius 2 is 2.40 bits per heavy atom. The molecule has 1 fully saturated rings. The first-order chi connectivity index (χ1) is 7.19. The van der Waals surface area contributed by atoms with E-state index in [1.54, 1.807) is 19.1 Å². The van der Waals surface area contributed by atoms with Crippen molar-refractivity contribution in [3.8, 4) is 0 Å². The summed E-state index contributed by atoms with van der Waals surface area (Å²) >= 11 is 0. The van der Waals surface area contributed by atoms with E-state index < -0.39 is 5.41 Å². The maximum Gasteiger partial charge on any atom is 0.316 e. The van der Waals surface area contributed by atoms with Crippen molar-refractivity contribution in [2.24, 2.45) is 0 Å². The van der Waals surface area contributed by atoms with Crippen LogP contribution >= 0.6 is 0 Å². The van der Waals surface area contributed by atoms with Crippen molar-refractivity contribution in [2.75, 3.05) is 6.61 Å². The minimum Gasteiger partial charge on any atom is -0.619 e. The first kappa shape index (κ1) is 9.96. The predicted octanol–water partition coefficient (Wildman–Crippen LogP) is 0.915. The van der Waals surface area contributed by atoms with Gasteiger partial charge in [0, 0.05) is 11.6 Å². The number of hydrogen-bond donors (Lipinski definition) is 0. The Labute approximate surface area is 88.1 Å². The second kappa shape index (κ2) is 3.53. The summed E-state index contributed by atoms with van der Waals surface area (Å²) in [5.74, 6) is -0.212. The summed E-state index contributed by atoms with van der Waals surface area (Å²) in [7, 11) is 0. The number of carbonyl (C=O) groups is 1. The molecule has 0 spiro atoms. The van der Waals surface area contributed by atoms with Gasteiger partial charge in [0.25, 0.3) is 0 Å². The van der Waals surface area contributed by atoms with E-state index in [1.807, 2.05) is 0 Å².